The maximum Gasteiger partial charge on any atom is 0.306 e. The lowest BCUT2D eigenvalue weighted by molar-refractivity contribution is -0.142. The lowest BCUT2D eigenvalue weighted by atomic mass is 9.92. The summed E-state index contributed by atoms with van der Waals surface area (Å²) in [7, 11) is 0. The van der Waals surface area contributed by atoms with Gasteiger partial charge in [0.1, 0.15) is 0 Å². The van der Waals surface area contributed by atoms with Crippen molar-refractivity contribution in [1.29, 1.82) is 0 Å². The van der Waals surface area contributed by atoms with Crippen LogP contribution in [0, 0.1) is 5.92 Å². The Morgan fingerprint density at radius 2 is 1.81 bits per heavy atom. The zero-order valence-corrected chi connectivity index (χ0v) is 12.2. The molecule has 2 N–H and O–H groups in total. The summed E-state index contributed by atoms with van der Waals surface area (Å²) in [5.74, 6) is 0.549. The molecule has 6 heteroatoms. The van der Waals surface area contributed by atoms with Crippen LogP contribution in [-0.2, 0) is 4.79 Å². The van der Waals surface area contributed by atoms with E-state index in [4.69, 9.17) is 5.11 Å². The van der Waals surface area contributed by atoms with Crippen molar-refractivity contribution in [3.63, 3.8) is 0 Å². The third-order valence-corrected chi connectivity index (χ3v) is 4.58. The number of anilines is 1. The second-order valence-electron chi connectivity index (χ2n) is 5.89. The van der Waals surface area contributed by atoms with Gasteiger partial charge in [0.15, 0.2) is 5.82 Å². The molecule has 0 atom stereocenters. The molecule has 0 amide bonds. The van der Waals surface area contributed by atoms with Crippen LogP contribution in [-0.4, -0.2) is 47.2 Å². The highest BCUT2D eigenvalue weighted by atomic mass is 16.4. The van der Waals surface area contributed by atoms with E-state index in [2.05, 4.69) is 20.2 Å². The minimum Gasteiger partial charge on any atom is -0.481 e. The molecular weight excluding hydrogens is 268 g/mol. The van der Waals surface area contributed by atoms with Crippen molar-refractivity contribution in [2.45, 2.75) is 31.6 Å². The minimum atomic E-state index is -0.674. The summed E-state index contributed by atoms with van der Waals surface area (Å²) >= 11 is 0. The van der Waals surface area contributed by atoms with Crippen molar-refractivity contribution in [2.24, 2.45) is 5.92 Å². The smallest absolute Gasteiger partial charge is 0.306 e. The second-order valence-corrected chi connectivity index (χ2v) is 5.89. The van der Waals surface area contributed by atoms with Crippen LogP contribution in [0.3, 0.4) is 0 Å². The summed E-state index contributed by atoms with van der Waals surface area (Å²) in [6, 6.07) is 0. The van der Waals surface area contributed by atoms with E-state index in [0.29, 0.717) is 18.8 Å². The number of carboxylic acid groups (broad SMARTS) is 1. The van der Waals surface area contributed by atoms with Gasteiger partial charge in [0.05, 0.1) is 11.6 Å². The van der Waals surface area contributed by atoms with Crippen molar-refractivity contribution in [3.8, 4) is 0 Å². The van der Waals surface area contributed by atoms with Gasteiger partial charge in [0, 0.05) is 31.4 Å². The average Bonchev–Trinajstić information content (AvgIpc) is 2.56. The molecule has 114 valence electrons. The fourth-order valence-corrected chi connectivity index (χ4v) is 3.31. The summed E-state index contributed by atoms with van der Waals surface area (Å²) in [6.07, 6.45) is 7.08. The van der Waals surface area contributed by atoms with Crippen LogP contribution in [0.4, 0.5) is 5.82 Å². The normalized spacial score (nSPS) is 21.4. The zero-order chi connectivity index (χ0) is 14.7. The molecule has 0 aromatic carbocycles. The van der Waals surface area contributed by atoms with Gasteiger partial charge in [-0.25, -0.2) is 4.98 Å². The fraction of sp³-hybridized carbons (Fsp3) is 0.667. The molecule has 3 rings (SSSR count). The van der Waals surface area contributed by atoms with Crippen LogP contribution in [0.25, 0.3) is 0 Å². The third-order valence-electron chi connectivity index (χ3n) is 4.58. The number of aromatic nitrogens is 2. The molecule has 2 fully saturated rings. The molecule has 0 saturated carbocycles. The number of rotatable bonds is 3. The Kier molecular flexibility index (Phi) is 4.34. The molecule has 0 bridgehead atoms. The van der Waals surface area contributed by atoms with Crippen LogP contribution in [0.1, 0.15) is 37.3 Å². The van der Waals surface area contributed by atoms with Crippen LogP contribution in [0.2, 0.25) is 0 Å². The molecule has 2 aliphatic heterocycles. The van der Waals surface area contributed by atoms with Crippen molar-refractivity contribution in [1.82, 2.24) is 15.3 Å². The van der Waals surface area contributed by atoms with Gasteiger partial charge in [0.25, 0.3) is 0 Å². The maximum absolute atomic E-state index is 11.1. The van der Waals surface area contributed by atoms with Gasteiger partial charge < -0.3 is 15.3 Å². The Bertz CT molecular complexity index is 494. The Balaban J connectivity index is 1.75. The molecule has 0 aliphatic carbocycles. The number of carboxylic acids is 1. The van der Waals surface area contributed by atoms with E-state index in [1.165, 1.54) is 0 Å². The van der Waals surface area contributed by atoms with Crippen molar-refractivity contribution >= 4 is 11.8 Å². The molecule has 1 aromatic heterocycles. The van der Waals surface area contributed by atoms with Gasteiger partial charge in [-0.1, -0.05) is 0 Å². The summed E-state index contributed by atoms with van der Waals surface area (Å²) in [5, 5.41) is 12.5. The van der Waals surface area contributed by atoms with Crippen molar-refractivity contribution in [2.75, 3.05) is 31.1 Å². The zero-order valence-electron chi connectivity index (χ0n) is 12.2. The first-order chi connectivity index (χ1) is 10.3. The number of hydrogen-bond donors (Lipinski definition) is 2. The monoisotopic (exact) mass is 290 g/mol. The molecule has 0 unspecified atom stereocenters. The molecule has 0 radical (unpaired) electrons. The highest BCUT2D eigenvalue weighted by Gasteiger charge is 2.28. The summed E-state index contributed by atoms with van der Waals surface area (Å²) in [4.78, 5) is 22.4. The number of carbonyl (C=O) groups is 1. The Morgan fingerprint density at radius 1 is 1.14 bits per heavy atom. The Labute approximate surface area is 124 Å². The highest BCUT2D eigenvalue weighted by Crippen LogP contribution is 2.31. The Morgan fingerprint density at radius 3 is 2.48 bits per heavy atom. The highest BCUT2D eigenvalue weighted by molar-refractivity contribution is 5.70. The van der Waals surface area contributed by atoms with Gasteiger partial charge in [-0.15, -0.1) is 0 Å². The predicted octanol–water partition coefficient (Wildman–Crippen LogP) is 1.24. The molecule has 0 spiro atoms. The lowest BCUT2D eigenvalue weighted by Gasteiger charge is -2.33. The molecule has 3 heterocycles. The van der Waals surface area contributed by atoms with Gasteiger partial charge in [-0.05, 0) is 38.8 Å². The van der Waals surface area contributed by atoms with Crippen molar-refractivity contribution in [3.05, 3.63) is 18.1 Å². The van der Waals surface area contributed by atoms with E-state index in [1.54, 1.807) is 12.4 Å². The van der Waals surface area contributed by atoms with E-state index >= 15 is 0 Å². The van der Waals surface area contributed by atoms with Gasteiger partial charge in [-0.3, -0.25) is 9.78 Å². The summed E-state index contributed by atoms with van der Waals surface area (Å²) < 4.78 is 0. The molecule has 2 aliphatic rings. The topological polar surface area (TPSA) is 78.3 Å². The van der Waals surface area contributed by atoms with Crippen LogP contribution in [0.15, 0.2) is 12.4 Å². The van der Waals surface area contributed by atoms with Crippen LogP contribution < -0.4 is 10.2 Å². The maximum atomic E-state index is 11.1. The second kappa shape index (κ2) is 6.39. The predicted molar refractivity (Wildman–Crippen MR) is 79.4 cm³/mol. The van der Waals surface area contributed by atoms with Crippen LogP contribution in [0.5, 0.6) is 0 Å². The third kappa shape index (κ3) is 3.15. The SMILES string of the molecule is O=C(O)C1CCN(c2nccnc2C2CCNCC2)CC1. The number of nitrogens with zero attached hydrogens (tertiary/aromatic N) is 3. The molecule has 21 heavy (non-hydrogen) atoms. The van der Waals surface area contributed by atoms with E-state index in [0.717, 1.165) is 50.5 Å². The minimum absolute atomic E-state index is 0.208. The largest absolute Gasteiger partial charge is 0.481 e. The van der Waals surface area contributed by atoms with E-state index in [9.17, 15) is 4.79 Å². The molecule has 2 saturated heterocycles. The first-order valence-corrected chi connectivity index (χ1v) is 7.75. The standard InChI is InChI=1S/C15H22N4O2/c20-15(21)12-3-9-19(10-4-12)14-13(17-7-8-18-14)11-1-5-16-6-2-11/h7-8,11-12,16H,1-6,9-10H2,(H,20,21). The number of aliphatic carboxylic acids is 1. The Hall–Kier alpha value is -1.69. The summed E-state index contributed by atoms with van der Waals surface area (Å²) in [6.45, 7) is 3.57. The fourth-order valence-electron chi connectivity index (χ4n) is 3.31. The average molecular weight is 290 g/mol. The quantitative estimate of drug-likeness (QED) is 0.872. The number of piperidine rings is 2. The first-order valence-electron chi connectivity index (χ1n) is 7.75. The lowest BCUT2D eigenvalue weighted by Crippen LogP contribution is -2.38. The van der Waals surface area contributed by atoms with Gasteiger partial charge in [-0.2, -0.15) is 0 Å². The first kappa shape index (κ1) is 14.3. The molecule has 6 nitrogen and oxygen atoms in total. The molecule has 1 aromatic rings. The van der Waals surface area contributed by atoms with Gasteiger partial charge >= 0.3 is 5.97 Å². The van der Waals surface area contributed by atoms with Crippen molar-refractivity contribution < 1.29 is 9.90 Å². The number of hydrogen-bond acceptors (Lipinski definition) is 5. The molecular formula is C15H22N4O2. The summed E-state index contributed by atoms with van der Waals surface area (Å²) in [5.41, 5.74) is 1.09. The number of nitrogens with one attached hydrogen (secondary N) is 1. The van der Waals surface area contributed by atoms with Crippen LogP contribution >= 0.6 is 0 Å². The van der Waals surface area contributed by atoms with Gasteiger partial charge in [0.2, 0.25) is 0 Å². The van der Waals surface area contributed by atoms with E-state index < -0.39 is 5.97 Å². The van der Waals surface area contributed by atoms with E-state index in [1.807, 2.05) is 0 Å². The van der Waals surface area contributed by atoms with E-state index in [-0.39, 0.29) is 5.92 Å².